The van der Waals surface area contributed by atoms with E-state index in [4.69, 9.17) is 0 Å². The maximum atomic E-state index is 2.47. The van der Waals surface area contributed by atoms with E-state index >= 15 is 0 Å². The molecule has 0 aromatic heterocycles. The van der Waals surface area contributed by atoms with Crippen molar-refractivity contribution >= 4 is 45.6 Å². The summed E-state index contributed by atoms with van der Waals surface area (Å²) in [6.07, 6.45) is 0. The van der Waals surface area contributed by atoms with Gasteiger partial charge in [-0.25, -0.2) is 0 Å². The minimum atomic E-state index is 0.0254. The zero-order valence-corrected chi connectivity index (χ0v) is 16.5. The Balaban J connectivity index is 1.85. The van der Waals surface area contributed by atoms with Crippen LogP contribution in [0.15, 0.2) is 78.9 Å². The van der Waals surface area contributed by atoms with Crippen LogP contribution >= 0.6 is 0 Å². The van der Waals surface area contributed by atoms with Crippen molar-refractivity contribution in [2.45, 2.75) is 19.3 Å². The van der Waals surface area contributed by atoms with Crippen molar-refractivity contribution in [3.05, 3.63) is 90.0 Å². The van der Waals surface area contributed by atoms with Gasteiger partial charge in [0.25, 0.3) is 0 Å². The molecule has 1 aliphatic rings. The Hall–Kier alpha value is -3.06. The van der Waals surface area contributed by atoms with Gasteiger partial charge in [-0.2, -0.15) is 0 Å². The predicted molar refractivity (Wildman–Crippen MR) is 125 cm³/mol. The molecule has 0 saturated carbocycles. The highest BCUT2D eigenvalue weighted by Crippen LogP contribution is 2.50. The third kappa shape index (κ3) is 1.92. The zero-order valence-electron chi connectivity index (χ0n) is 16.5. The molecule has 132 valence electrons. The number of benzene rings is 5. The van der Waals surface area contributed by atoms with Crippen LogP contribution in [-0.2, 0) is 5.41 Å². The van der Waals surface area contributed by atoms with Crippen LogP contribution in [-0.4, -0.2) is 7.85 Å². The summed E-state index contributed by atoms with van der Waals surface area (Å²) in [5.74, 6) is 0. The summed E-state index contributed by atoms with van der Waals surface area (Å²) in [6, 6.07) is 29.5. The van der Waals surface area contributed by atoms with Gasteiger partial charge in [0.05, 0.1) is 0 Å². The zero-order chi connectivity index (χ0) is 19.0. The van der Waals surface area contributed by atoms with Crippen molar-refractivity contribution in [1.82, 2.24) is 0 Å². The Morgan fingerprint density at radius 1 is 0.536 bits per heavy atom. The minimum Gasteiger partial charge on any atom is -0.0886 e. The van der Waals surface area contributed by atoms with Crippen LogP contribution in [0, 0.1) is 0 Å². The van der Waals surface area contributed by atoms with E-state index in [1.807, 2.05) is 0 Å². The Labute approximate surface area is 166 Å². The fourth-order valence-corrected chi connectivity index (χ4v) is 5.25. The van der Waals surface area contributed by atoms with Gasteiger partial charge in [0.1, 0.15) is 7.85 Å². The summed E-state index contributed by atoms with van der Waals surface area (Å²) in [4.78, 5) is 0. The molecule has 0 heterocycles. The lowest BCUT2D eigenvalue weighted by atomic mass is 9.79. The van der Waals surface area contributed by atoms with E-state index < -0.39 is 0 Å². The number of hydrogen-bond acceptors (Lipinski definition) is 0. The summed E-state index contributed by atoms with van der Waals surface area (Å²) in [6.45, 7) is 4.73. The molecule has 0 saturated heterocycles. The molecule has 0 bridgehead atoms. The SMILES string of the molecule is Bc1ccc2c(c1)C(C)(C)c1cc3c4ccccc4c4ccccc4c3cc1-2. The number of rotatable bonds is 0. The van der Waals surface area contributed by atoms with E-state index in [1.165, 1.54) is 60.0 Å². The fourth-order valence-electron chi connectivity index (χ4n) is 5.25. The molecule has 6 rings (SSSR count). The number of fused-ring (bicyclic) bond motifs is 9. The van der Waals surface area contributed by atoms with Crippen molar-refractivity contribution in [2.24, 2.45) is 0 Å². The first-order valence-corrected chi connectivity index (χ1v) is 10.0. The average molecular weight is 356 g/mol. The molecule has 5 aromatic carbocycles. The standard InChI is InChI=1S/C27H21B/c1-27(2)25-13-16(28)11-12-21(25)24-14-22-19-9-5-3-7-17(19)18-8-4-6-10-20(18)23(22)15-26(24)27/h3-15H,28H2,1-2H3. The van der Waals surface area contributed by atoms with Crippen LogP contribution in [0.5, 0.6) is 0 Å². The van der Waals surface area contributed by atoms with E-state index in [0.29, 0.717) is 0 Å². The van der Waals surface area contributed by atoms with Crippen LogP contribution < -0.4 is 5.46 Å². The second-order valence-corrected chi connectivity index (χ2v) is 8.71. The molecule has 0 amide bonds. The Bertz CT molecular complexity index is 1440. The van der Waals surface area contributed by atoms with E-state index in [9.17, 15) is 0 Å². The van der Waals surface area contributed by atoms with E-state index in [2.05, 4.69) is 101 Å². The van der Waals surface area contributed by atoms with Crippen LogP contribution in [0.25, 0.3) is 43.4 Å². The molecule has 0 spiro atoms. The predicted octanol–water partition coefficient (Wildman–Crippen LogP) is 5.71. The Morgan fingerprint density at radius 2 is 1.04 bits per heavy atom. The first-order valence-electron chi connectivity index (χ1n) is 10.0. The van der Waals surface area contributed by atoms with Crippen LogP contribution in [0.1, 0.15) is 25.0 Å². The molecule has 0 radical (unpaired) electrons. The van der Waals surface area contributed by atoms with Gasteiger partial charge in [-0.3, -0.25) is 0 Å². The maximum Gasteiger partial charge on any atom is 0.139 e. The van der Waals surface area contributed by atoms with E-state index in [0.717, 1.165) is 0 Å². The topological polar surface area (TPSA) is 0 Å². The molecule has 0 fully saturated rings. The molecule has 28 heavy (non-hydrogen) atoms. The lowest BCUT2D eigenvalue weighted by Crippen LogP contribution is -2.17. The highest BCUT2D eigenvalue weighted by atomic mass is 14.4. The summed E-state index contributed by atoms with van der Waals surface area (Å²) in [5.41, 5.74) is 7.04. The van der Waals surface area contributed by atoms with Crippen LogP contribution in [0.3, 0.4) is 0 Å². The summed E-state index contributed by atoms with van der Waals surface area (Å²) < 4.78 is 0. The van der Waals surface area contributed by atoms with Crippen molar-refractivity contribution in [2.75, 3.05) is 0 Å². The van der Waals surface area contributed by atoms with Gasteiger partial charge in [0, 0.05) is 5.41 Å². The van der Waals surface area contributed by atoms with Gasteiger partial charge in [0.2, 0.25) is 0 Å². The molecule has 0 nitrogen and oxygen atoms in total. The second kappa shape index (κ2) is 5.26. The smallest absolute Gasteiger partial charge is 0.0886 e. The molecular formula is C27H21B. The molecular weight excluding hydrogens is 335 g/mol. The molecule has 0 atom stereocenters. The molecule has 1 aliphatic carbocycles. The van der Waals surface area contributed by atoms with E-state index in [-0.39, 0.29) is 5.41 Å². The minimum absolute atomic E-state index is 0.0254. The first-order chi connectivity index (χ1) is 13.6. The van der Waals surface area contributed by atoms with Gasteiger partial charge >= 0.3 is 0 Å². The normalized spacial score (nSPS) is 14.5. The van der Waals surface area contributed by atoms with Crippen LogP contribution in [0.4, 0.5) is 0 Å². The number of hydrogen-bond donors (Lipinski definition) is 0. The van der Waals surface area contributed by atoms with Gasteiger partial charge in [-0.05, 0) is 66.7 Å². The largest absolute Gasteiger partial charge is 0.139 e. The van der Waals surface area contributed by atoms with Gasteiger partial charge in [0.15, 0.2) is 0 Å². The van der Waals surface area contributed by atoms with Crippen molar-refractivity contribution in [3.8, 4) is 11.1 Å². The quantitative estimate of drug-likeness (QED) is 0.246. The lowest BCUT2D eigenvalue weighted by molar-refractivity contribution is 0.662. The van der Waals surface area contributed by atoms with Crippen molar-refractivity contribution < 1.29 is 0 Å². The summed E-state index contributed by atoms with van der Waals surface area (Å²) in [5, 5.41) is 8.10. The lowest BCUT2D eigenvalue weighted by Gasteiger charge is -2.22. The van der Waals surface area contributed by atoms with Gasteiger partial charge in [-0.1, -0.05) is 86.0 Å². The highest BCUT2D eigenvalue weighted by Gasteiger charge is 2.35. The van der Waals surface area contributed by atoms with E-state index in [1.54, 1.807) is 0 Å². The third-order valence-electron chi connectivity index (χ3n) is 6.69. The van der Waals surface area contributed by atoms with Gasteiger partial charge < -0.3 is 0 Å². The maximum absolute atomic E-state index is 2.47. The Kier molecular flexibility index (Phi) is 3.00. The van der Waals surface area contributed by atoms with Crippen molar-refractivity contribution in [1.29, 1.82) is 0 Å². The third-order valence-corrected chi connectivity index (χ3v) is 6.69. The summed E-state index contributed by atoms with van der Waals surface area (Å²) >= 11 is 0. The second-order valence-electron chi connectivity index (χ2n) is 8.71. The van der Waals surface area contributed by atoms with Crippen molar-refractivity contribution in [3.63, 3.8) is 0 Å². The Morgan fingerprint density at radius 3 is 1.64 bits per heavy atom. The summed E-state index contributed by atoms with van der Waals surface area (Å²) in [7, 11) is 2.19. The molecule has 1 heteroatoms. The molecule has 0 unspecified atom stereocenters. The molecule has 0 N–H and O–H groups in total. The monoisotopic (exact) mass is 356 g/mol. The van der Waals surface area contributed by atoms with Gasteiger partial charge in [-0.15, -0.1) is 0 Å². The first kappa shape index (κ1) is 16.0. The highest BCUT2D eigenvalue weighted by molar-refractivity contribution is 6.32. The molecule has 0 aliphatic heterocycles. The van der Waals surface area contributed by atoms with Crippen LogP contribution in [0.2, 0.25) is 0 Å². The molecule has 5 aromatic rings. The average Bonchev–Trinajstić information content (AvgIpc) is 2.93. The fraction of sp³-hybridized carbons (Fsp3) is 0.111.